The third-order valence-electron chi connectivity index (χ3n) is 5.07. The van der Waals surface area contributed by atoms with Gasteiger partial charge >= 0.3 is 0 Å². The molecule has 3 unspecified atom stereocenters. The topological polar surface area (TPSA) is 33.2 Å². The van der Waals surface area contributed by atoms with Crippen molar-refractivity contribution >= 4 is 22.3 Å². The van der Waals surface area contributed by atoms with Gasteiger partial charge in [0.15, 0.2) is 10.9 Å². The summed E-state index contributed by atoms with van der Waals surface area (Å²) in [6.07, 6.45) is 2.87. The van der Waals surface area contributed by atoms with Gasteiger partial charge in [-0.2, -0.15) is 0 Å². The van der Waals surface area contributed by atoms with Crippen molar-refractivity contribution in [2.45, 2.75) is 59.9 Å². The van der Waals surface area contributed by atoms with Crippen molar-refractivity contribution in [3.8, 4) is 0 Å². The van der Waals surface area contributed by atoms with Crippen LogP contribution in [0.1, 0.15) is 62.8 Å². The second kappa shape index (κ2) is 5.08. The molecule has 1 aliphatic carbocycles. The Balaban J connectivity index is 1.93. The third-order valence-corrected chi connectivity index (χ3v) is 6.24. The highest BCUT2D eigenvalue weighted by molar-refractivity contribution is 7.17. The fourth-order valence-corrected chi connectivity index (χ4v) is 4.92. The van der Waals surface area contributed by atoms with Crippen molar-refractivity contribution in [1.82, 2.24) is 4.98 Å². The highest BCUT2D eigenvalue weighted by Gasteiger charge is 2.36. The zero-order valence-corrected chi connectivity index (χ0v) is 14.6. The van der Waals surface area contributed by atoms with Crippen molar-refractivity contribution < 1.29 is 4.79 Å². The quantitative estimate of drug-likeness (QED) is 0.781. The Labute approximate surface area is 131 Å². The second-order valence-electron chi connectivity index (χ2n) is 7.92. The summed E-state index contributed by atoms with van der Waals surface area (Å²) in [7, 11) is 0. The van der Waals surface area contributed by atoms with E-state index in [1.165, 1.54) is 6.42 Å². The Morgan fingerprint density at radius 1 is 1.24 bits per heavy atom. The fraction of sp³-hybridized carbons (Fsp3) is 0.765. The average molecular weight is 306 g/mol. The average Bonchev–Trinajstić information content (AvgIpc) is 2.76. The van der Waals surface area contributed by atoms with Crippen molar-refractivity contribution in [1.29, 1.82) is 0 Å². The van der Waals surface area contributed by atoms with Gasteiger partial charge in [0.1, 0.15) is 0 Å². The normalized spacial score (nSPS) is 32.1. The van der Waals surface area contributed by atoms with E-state index in [1.54, 1.807) is 11.3 Å². The van der Waals surface area contributed by atoms with Gasteiger partial charge in [0.2, 0.25) is 0 Å². The Hall–Kier alpha value is -0.900. The van der Waals surface area contributed by atoms with Gasteiger partial charge in [-0.15, -0.1) is 0 Å². The Morgan fingerprint density at radius 3 is 2.67 bits per heavy atom. The minimum absolute atomic E-state index is 0.0591. The number of nitrogens with zero attached hydrogens (tertiary/aromatic N) is 2. The molecule has 1 saturated heterocycles. The number of aromatic nitrogens is 1. The van der Waals surface area contributed by atoms with E-state index in [2.05, 4.69) is 39.5 Å². The van der Waals surface area contributed by atoms with Gasteiger partial charge in [0.05, 0.1) is 10.6 Å². The van der Waals surface area contributed by atoms with Crippen molar-refractivity contribution in [3.05, 3.63) is 10.6 Å². The lowest BCUT2D eigenvalue weighted by Crippen LogP contribution is -2.45. The van der Waals surface area contributed by atoms with Crippen LogP contribution in [0.15, 0.2) is 0 Å². The highest BCUT2D eigenvalue weighted by Crippen LogP contribution is 2.41. The number of rotatable bonds is 1. The van der Waals surface area contributed by atoms with E-state index in [0.29, 0.717) is 24.3 Å². The predicted octanol–water partition coefficient (Wildman–Crippen LogP) is 4.17. The van der Waals surface area contributed by atoms with Crippen LogP contribution in [0.5, 0.6) is 0 Å². The van der Waals surface area contributed by atoms with Crippen molar-refractivity contribution in [3.63, 3.8) is 0 Å². The number of fused-ring (bicyclic) bond motifs is 1. The summed E-state index contributed by atoms with van der Waals surface area (Å²) in [4.78, 5) is 20.6. The van der Waals surface area contributed by atoms with E-state index < -0.39 is 0 Å². The number of piperidine rings is 1. The van der Waals surface area contributed by atoms with Gasteiger partial charge in [-0.1, -0.05) is 39.0 Å². The molecule has 0 amide bonds. The van der Waals surface area contributed by atoms with Gasteiger partial charge in [-0.05, 0) is 37.0 Å². The van der Waals surface area contributed by atoms with Crippen LogP contribution in [0.25, 0.3) is 0 Å². The monoisotopic (exact) mass is 306 g/mol. The lowest BCUT2D eigenvalue weighted by atomic mass is 9.78. The molecule has 0 N–H and O–H groups in total. The Morgan fingerprint density at radius 2 is 1.95 bits per heavy atom. The zero-order valence-electron chi connectivity index (χ0n) is 13.8. The van der Waals surface area contributed by atoms with Gasteiger partial charge < -0.3 is 4.90 Å². The maximum absolute atomic E-state index is 12.4. The zero-order chi connectivity index (χ0) is 15.4. The second-order valence-corrected chi connectivity index (χ2v) is 8.90. The maximum Gasteiger partial charge on any atom is 0.186 e. The van der Waals surface area contributed by atoms with E-state index >= 15 is 0 Å². The molecule has 116 valence electrons. The first-order chi connectivity index (χ1) is 9.77. The standard InChI is InChI=1S/C17H26N2OS/c1-10-6-11(2)12(3)19(9-10)16-18-13-7-17(4,5)8-14(20)15(13)21-16/h10-12H,6-9H2,1-5H3. The number of ketones is 1. The number of carbonyl (C=O) groups excluding carboxylic acids is 1. The molecule has 21 heavy (non-hydrogen) atoms. The van der Waals surface area contributed by atoms with Gasteiger partial charge in [0.25, 0.3) is 0 Å². The number of Topliss-reactive ketones (excluding diaryl/α,β-unsaturated/α-hetero) is 1. The summed E-state index contributed by atoms with van der Waals surface area (Å²) in [5.41, 5.74) is 1.10. The van der Waals surface area contributed by atoms with E-state index in [4.69, 9.17) is 4.98 Å². The molecule has 0 bridgehead atoms. The number of hydrogen-bond donors (Lipinski definition) is 0. The van der Waals surface area contributed by atoms with Crippen LogP contribution < -0.4 is 4.90 Å². The molecule has 0 spiro atoms. The minimum Gasteiger partial charge on any atom is -0.345 e. The van der Waals surface area contributed by atoms with Crippen molar-refractivity contribution in [2.24, 2.45) is 17.3 Å². The first-order valence-corrected chi connectivity index (χ1v) is 8.88. The SMILES string of the molecule is CC1CC(C)C(C)N(c2nc3c(s2)C(=O)CC(C)(C)C3)C1. The van der Waals surface area contributed by atoms with E-state index in [1.807, 2.05) is 0 Å². The molecule has 3 nitrogen and oxygen atoms in total. The molecule has 3 rings (SSSR count). The van der Waals surface area contributed by atoms with Crippen LogP contribution in [0.3, 0.4) is 0 Å². The molecule has 0 radical (unpaired) electrons. The summed E-state index contributed by atoms with van der Waals surface area (Å²) in [5.74, 6) is 1.67. The van der Waals surface area contributed by atoms with Gasteiger partial charge in [-0.25, -0.2) is 4.98 Å². The molecule has 1 aliphatic heterocycles. The molecule has 2 aliphatic rings. The lowest BCUT2D eigenvalue weighted by molar-refractivity contribution is 0.0916. The molecular formula is C17H26N2OS. The van der Waals surface area contributed by atoms with Crippen LogP contribution in [0, 0.1) is 17.3 Å². The smallest absolute Gasteiger partial charge is 0.186 e. The predicted molar refractivity (Wildman–Crippen MR) is 88.3 cm³/mol. The third kappa shape index (κ3) is 2.75. The number of hydrogen-bond acceptors (Lipinski definition) is 4. The van der Waals surface area contributed by atoms with Gasteiger partial charge in [-0.3, -0.25) is 4.79 Å². The summed E-state index contributed by atoms with van der Waals surface area (Å²) >= 11 is 1.62. The molecule has 2 heterocycles. The molecule has 1 aromatic rings. The molecule has 4 heteroatoms. The summed E-state index contributed by atoms with van der Waals surface area (Å²) in [6, 6.07) is 0.511. The van der Waals surface area contributed by atoms with Crippen LogP contribution in [-0.4, -0.2) is 23.4 Å². The first kappa shape index (κ1) is 15.0. The van der Waals surface area contributed by atoms with Gasteiger partial charge in [0, 0.05) is 19.0 Å². The summed E-state index contributed by atoms with van der Waals surface area (Å²) in [5, 5.41) is 1.07. The van der Waals surface area contributed by atoms with E-state index in [0.717, 1.165) is 28.7 Å². The van der Waals surface area contributed by atoms with Crippen LogP contribution >= 0.6 is 11.3 Å². The highest BCUT2D eigenvalue weighted by atomic mass is 32.1. The molecule has 0 aromatic carbocycles. The minimum atomic E-state index is 0.0591. The molecular weight excluding hydrogens is 280 g/mol. The first-order valence-electron chi connectivity index (χ1n) is 8.06. The van der Waals surface area contributed by atoms with Crippen LogP contribution in [-0.2, 0) is 6.42 Å². The summed E-state index contributed by atoms with van der Waals surface area (Å²) < 4.78 is 0. The molecule has 0 saturated carbocycles. The Bertz CT molecular complexity index is 563. The molecule has 1 fully saturated rings. The number of anilines is 1. The van der Waals surface area contributed by atoms with Crippen LogP contribution in [0.4, 0.5) is 5.13 Å². The molecule has 3 atom stereocenters. The Kier molecular flexibility index (Phi) is 3.63. The largest absolute Gasteiger partial charge is 0.345 e. The number of thiazole rings is 1. The van der Waals surface area contributed by atoms with E-state index in [-0.39, 0.29) is 11.2 Å². The van der Waals surface area contributed by atoms with Crippen LogP contribution in [0.2, 0.25) is 0 Å². The lowest BCUT2D eigenvalue weighted by Gasteiger charge is -2.41. The van der Waals surface area contributed by atoms with Crippen molar-refractivity contribution in [2.75, 3.05) is 11.4 Å². The fourth-order valence-electron chi connectivity index (χ4n) is 3.80. The summed E-state index contributed by atoms with van der Waals surface area (Å²) in [6.45, 7) is 12.3. The number of carbonyl (C=O) groups is 1. The van der Waals surface area contributed by atoms with E-state index in [9.17, 15) is 4.79 Å². The maximum atomic E-state index is 12.4. The molecule has 1 aromatic heterocycles.